The maximum atomic E-state index is 12.4. The predicted octanol–water partition coefficient (Wildman–Crippen LogP) is 5.64. The van der Waals surface area contributed by atoms with E-state index in [0.29, 0.717) is 14.1 Å². The van der Waals surface area contributed by atoms with Crippen LogP contribution in [0.1, 0.15) is 5.69 Å². The summed E-state index contributed by atoms with van der Waals surface area (Å²) in [6, 6.07) is 0.850. The van der Waals surface area contributed by atoms with Gasteiger partial charge in [-0.15, -0.1) is 0 Å². The Balaban J connectivity index is 0.000000228. The fourth-order valence-corrected chi connectivity index (χ4v) is 2.42. The molecular weight excluding hydrogens is 551 g/mol. The average Bonchev–Trinajstić information content (AvgIpc) is 3.04. The van der Waals surface area contributed by atoms with E-state index in [0.717, 1.165) is 16.9 Å². The van der Waals surface area contributed by atoms with Crippen LogP contribution in [0.3, 0.4) is 0 Å². The van der Waals surface area contributed by atoms with Crippen LogP contribution in [0.5, 0.6) is 0 Å². The van der Waals surface area contributed by atoms with Gasteiger partial charge in [-0.1, -0.05) is 11.6 Å². The maximum Gasteiger partial charge on any atom is 0.435 e. The second kappa shape index (κ2) is 8.79. The van der Waals surface area contributed by atoms with Gasteiger partial charge in [-0.25, -0.2) is 19.6 Å². The second-order valence-electron chi connectivity index (χ2n) is 4.23. The Morgan fingerprint density at radius 3 is 2.00 bits per heavy atom. The third kappa shape index (κ3) is 5.74. The molecule has 3 heterocycles. The Kier molecular flexibility index (Phi) is 7.19. The molecule has 26 heavy (non-hydrogen) atoms. The zero-order valence-electron chi connectivity index (χ0n) is 12.0. The van der Waals surface area contributed by atoms with Gasteiger partial charge in [0.1, 0.15) is 5.15 Å². The van der Waals surface area contributed by atoms with Crippen molar-refractivity contribution in [2.45, 2.75) is 6.18 Å². The topological polar surface area (TPSA) is 69.4 Å². The minimum absolute atomic E-state index is 0.0766. The molecule has 14 heteroatoms. The molecule has 0 aliphatic rings. The molecule has 3 aromatic heterocycles. The molecule has 138 valence electrons. The Hall–Kier alpha value is -1.01. The van der Waals surface area contributed by atoms with Gasteiger partial charge in [-0.3, -0.25) is 0 Å². The van der Waals surface area contributed by atoms with Crippen LogP contribution in [0.4, 0.5) is 13.2 Å². The minimum Gasteiger partial charge on any atom is -0.225 e. The van der Waals surface area contributed by atoms with E-state index in [2.05, 4.69) is 56.9 Å². The average molecular weight is 555 g/mol. The molecule has 0 fully saturated rings. The van der Waals surface area contributed by atoms with Crippen LogP contribution < -0.4 is 0 Å². The molecule has 3 aromatic rings. The summed E-state index contributed by atoms with van der Waals surface area (Å²) in [6.45, 7) is 0. The predicted molar refractivity (Wildman–Crippen MR) is 96.6 cm³/mol. The molecule has 0 N–H and O–H groups in total. The van der Waals surface area contributed by atoms with Crippen LogP contribution in [0.15, 0.2) is 33.6 Å². The van der Waals surface area contributed by atoms with E-state index in [-0.39, 0.29) is 16.4 Å². The van der Waals surface area contributed by atoms with E-state index in [1.165, 1.54) is 12.4 Å². The van der Waals surface area contributed by atoms with Crippen molar-refractivity contribution >= 4 is 66.7 Å². The normalized spacial score (nSPS) is 11.1. The highest BCUT2D eigenvalue weighted by Crippen LogP contribution is 2.28. The first kappa shape index (κ1) is 21.3. The molecule has 0 saturated carbocycles. The van der Waals surface area contributed by atoms with E-state index < -0.39 is 11.9 Å². The molecule has 0 aromatic carbocycles. The number of rotatable bonds is 1. The summed E-state index contributed by atoms with van der Waals surface area (Å²) in [4.78, 5) is 14.8. The van der Waals surface area contributed by atoms with E-state index in [1.54, 1.807) is 0 Å². The van der Waals surface area contributed by atoms with Crippen molar-refractivity contribution in [2.24, 2.45) is 0 Å². The molecule has 0 aliphatic carbocycles. The summed E-state index contributed by atoms with van der Waals surface area (Å²) >= 11 is 22.7. The van der Waals surface area contributed by atoms with Crippen molar-refractivity contribution in [3.63, 3.8) is 0 Å². The summed E-state index contributed by atoms with van der Waals surface area (Å²) in [7, 11) is 0. The number of nitrogens with zero attached hydrogens (tertiary/aromatic N) is 6. The lowest BCUT2D eigenvalue weighted by Crippen LogP contribution is -2.08. The molecule has 6 nitrogen and oxygen atoms in total. The molecule has 0 bridgehead atoms. The molecule has 3 rings (SSSR count). The van der Waals surface area contributed by atoms with Gasteiger partial charge < -0.3 is 0 Å². The van der Waals surface area contributed by atoms with Crippen LogP contribution in [0.2, 0.25) is 15.7 Å². The number of aromatic nitrogens is 6. The lowest BCUT2D eigenvalue weighted by molar-refractivity contribution is -0.141. The standard InChI is InChI=1S/C8H3BrClF3N4.C4HBrCl2N2/c9-4-3-14-7(10)15-6(4)17-2-1-5(16-17)8(11,12)13;5-2-1-8-4(7)9-3(2)6/h1-3H;1H. The van der Waals surface area contributed by atoms with E-state index in [4.69, 9.17) is 34.8 Å². The summed E-state index contributed by atoms with van der Waals surface area (Å²) in [6.07, 6.45) is -0.516. The first-order valence-electron chi connectivity index (χ1n) is 6.22. The van der Waals surface area contributed by atoms with E-state index in [1.807, 2.05) is 0 Å². The van der Waals surface area contributed by atoms with Gasteiger partial charge in [0.05, 0.1) is 8.95 Å². The van der Waals surface area contributed by atoms with Crippen molar-refractivity contribution in [2.75, 3.05) is 0 Å². The van der Waals surface area contributed by atoms with E-state index in [9.17, 15) is 13.2 Å². The summed E-state index contributed by atoms with van der Waals surface area (Å²) in [5.41, 5.74) is -1.00. The molecule has 0 aliphatic heterocycles. The van der Waals surface area contributed by atoms with Crippen LogP contribution in [0.25, 0.3) is 5.82 Å². The van der Waals surface area contributed by atoms with Crippen molar-refractivity contribution in [3.05, 3.63) is 55.0 Å². The lowest BCUT2D eigenvalue weighted by Gasteiger charge is -2.04. The zero-order valence-corrected chi connectivity index (χ0v) is 17.5. The van der Waals surface area contributed by atoms with Crippen LogP contribution in [-0.4, -0.2) is 29.7 Å². The number of hydrogen-bond acceptors (Lipinski definition) is 5. The molecule has 0 atom stereocenters. The summed E-state index contributed by atoms with van der Waals surface area (Å²) < 4.78 is 39.1. The van der Waals surface area contributed by atoms with Crippen molar-refractivity contribution < 1.29 is 13.2 Å². The van der Waals surface area contributed by atoms with Crippen LogP contribution in [0, 0.1) is 0 Å². The molecule has 0 amide bonds. The fraction of sp³-hybridized carbons (Fsp3) is 0.0833. The summed E-state index contributed by atoms with van der Waals surface area (Å²) in [5, 5.41) is 3.77. The molecule has 0 unspecified atom stereocenters. The molecule has 0 radical (unpaired) electrons. The van der Waals surface area contributed by atoms with Crippen molar-refractivity contribution in [1.29, 1.82) is 0 Å². The van der Waals surface area contributed by atoms with E-state index >= 15 is 0 Å². The smallest absolute Gasteiger partial charge is 0.225 e. The molecule has 0 spiro atoms. The number of hydrogen-bond donors (Lipinski definition) is 0. The Labute approximate surface area is 176 Å². The Bertz CT molecular complexity index is 921. The monoisotopic (exact) mass is 552 g/mol. The van der Waals surface area contributed by atoms with Crippen molar-refractivity contribution in [1.82, 2.24) is 29.7 Å². The highest BCUT2D eigenvalue weighted by Gasteiger charge is 2.33. The summed E-state index contributed by atoms with van der Waals surface area (Å²) in [5.74, 6) is 0.139. The Morgan fingerprint density at radius 1 is 0.923 bits per heavy atom. The second-order valence-corrected chi connectivity index (χ2v) is 6.97. The Morgan fingerprint density at radius 2 is 1.50 bits per heavy atom. The number of halogens is 8. The number of alkyl halides is 3. The van der Waals surface area contributed by atoms with Gasteiger partial charge in [-0.05, 0) is 61.1 Å². The third-order valence-electron chi connectivity index (χ3n) is 2.46. The quantitative estimate of drug-likeness (QED) is 0.287. The highest BCUT2D eigenvalue weighted by molar-refractivity contribution is 9.10. The van der Waals surface area contributed by atoms with Gasteiger partial charge in [-0.2, -0.15) is 23.3 Å². The van der Waals surface area contributed by atoms with Gasteiger partial charge in [0, 0.05) is 18.6 Å². The van der Waals surface area contributed by atoms with Crippen molar-refractivity contribution in [3.8, 4) is 5.82 Å². The highest BCUT2D eigenvalue weighted by atomic mass is 79.9. The minimum atomic E-state index is -4.49. The van der Waals surface area contributed by atoms with Gasteiger partial charge in [0.2, 0.25) is 10.6 Å². The molecule has 0 saturated heterocycles. The first-order chi connectivity index (χ1) is 12.1. The van der Waals surface area contributed by atoms with Gasteiger partial charge in [0.25, 0.3) is 0 Å². The SMILES string of the molecule is Clc1ncc(Br)c(Cl)n1.FC(F)(F)c1ccn(-c2nc(Cl)ncc2Br)n1. The van der Waals surface area contributed by atoms with Crippen LogP contribution >= 0.6 is 66.7 Å². The maximum absolute atomic E-state index is 12.4. The van der Waals surface area contributed by atoms with Gasteiger partial charge in [0.15, 0.2) is 11.5 Å². The fourth-order valence-electron chi connectivity index (χ4n) is 1.42. The lowest BCUT2D eigenvalue weighted by atomic mass is 10.4. The first-order valence-corrected chi connectivity index (χ1v) is 8.94. The van der Waals surface area contributed by atoms with Gasteiger partial charge >= 0.3 is 6.18 Å². The largest absolute Gasteiger partial charge is 0.435 e. The molecular formula is C12H4Br2Cl3F3N6. The van der Waals surface area contributed by atoms with Crippen LogP contribution in [-0.2, 0) is 6.18 Å². The third-order valence-corrected chi connectivity index (χ3v) is 4.48. The zero-order chi connectivity index (χ0) is 19.5.